The number of nitrogens with two attached hydrogens (primary N) is 1. The minimum absolute atomic E-state index is 0.107. The van der Waals surface area contributed by atoms with Crippen LogP contribution in [0.2, 0.25) is 0 Å². The van der Waals surface area contributed by atoms with Gasteiger partial charge in [-0.05, 0) is 42.7 Å². The van der Waals surface area contributed by atoms with E-state index >= 15 is 0 Å². The number of benzene rings is 2. The molecule has 0 unspecified atom stereocenters. The Morgan fingerprint density at radius 3 is 1.81 bits per heavy atom. The van der Waals surface area contributed by atoms with Gasteiger partial charge in [0.15, 0.2) is 0 Å². The topological polar surface area (TPSA) is 109 Å². The maximum absolute atomic E-state index is 13.9. The Hall–Kier alpha value is -2.50. The van der Waals surface area contributed by atoms with E-state index < -0.39 is 46.3 Å². The van der Waals surface area contributed by atoms with Crippen molar-refractivity contribution in [3.63, 3.8) is 0 Å². The minimum Gasteiger partial charge on any atom is -0.480 e. The fraction of sp³-hybridized carbons (Fsp3) is 0.350. The van der Waals surface area contributed by atoms with E-state index in [-0.39, 0.29) is 10.5 Å². The number of alkyl halides is 4. The molecule has 6 nitrogen and oxygen atoms in total. The van der Waals surface area contributed by atoms with Gasteiger partial charge in [0.2, 0.25) is 10.0 Å². The second kappa shape index (κ2) is 8.93. The molecule has 0 aliphatic carbocycles. The number of halogens is 4. The maximum Gasteiger partial charge on any atom is 0.407 e. The van der Waals surface area contributed by atoms with Crippen LogP contribution in [0.5, 0.6) is 0 Å². The largest absolute Gasteiger partial charge is 0.480 e. The third-order valence-electron chi connectivity index (χ3n) is 4.44. The zero-order chi connectivity index (χ0) is 23.6. The van der Waals surface area contributed by atoms with Crippen molar-refractivity contribution in [3.05, 3.63) is 54.1 Å². The summed E-state index contributed by atoms with van der Waals surface area (Å²) in [7, 11) is -3.88. The highest BCUT2D eigenvalue weighted by Crippen LogP contribution is 2.35. The van der Waals surface area contributed by atoms with Crippen LogP contribution in [0.3, 0.4) is 0 Å². The first-order valence-corrected chi connectivity index (χ1v) is 10.6. The summed E-state index contributed by atoms with van der Waals surface area (Å²) >= 11 is 0. The van der Waals surface area contributed by atoms with Gasteiger partial charge in [0.05, 0.1) is 4.90 Å². The number of primary sulfonamides is 1. The summed E-state index contributed by atoms with van der Waals surface area (Å²) in [6.07, 6.45) is -5.48. The zero-order valence-corrected chi connectivity index (χ0v) is 17.5. The average Bonchev–Trinajstić information content (AvgIpc) is 2.62. The number of hydrogen-bond donors (Lipinski definition) is 3. The van der Waals surface area contributed by atoms with Crippen LogP contribution in [0.1, 0.15) is 31.9 Å². The van der Waals surface area contributed by atoms with Gasteiger partial charge in [-0.2, -0.15) is 13.2 Å². The van der Waals surface area contributed by atoms with Crippen molar-refractivity contribution in [2.45, 2.75) is 49.1 Å². The van der Waals surface area contributed by atoms with Gasteiger partial charge >= 0.3 is 12.1 Å². The van der Waals surface area contributed by atoms with Crippen molar-refractivity contribution in [3.8, 4) is 11.1 Å². The Morgan fingerprint density at radius 1 is 1.00 bits per heavy atom. The van der Waals surface area contributed by atoms with Gasteiger partial charge in [-0.1, -0.05) is 36.4 Å². The molecule has 2 rings (SSSR count). The highest BCUT2D eigenvalue weighted by atomic mass is 32.2. The molecule has 4 N–H and O–H groups in total. The van der Waals surface area contributed by atoms with Crippen LogP contribution in [-0.2, 0) is 14.8 Å². The molecule has 11 heteroatoms. The van der Waals surface area contributed by atoms with Gasteiger partial charge in [-0.3, -0.25) is 10.1 Å². The van der Waals surface area contributed by atoms with E-state index in [2.05, 4.69) is 0 Å². The van der Waals surface area contributed by atoms with Gasteiger partial charge in [0.25, 0.3) is 0 Å². The number of sulfonamides is 1. The molecular weight excluding hydrogens is 440 g/mol. The Kier molecular flexibility index (Phi) is 7.14. The molecule has 2 aromatic rings. The third kappa shape index (κ3) is 7.01. The van der Waals surface area contributed by atoms with Crippen LogP contribution in [-0.4, -0.2) is 37.4 Å². The van der Waals surface area contributed by atoms with Crippen molar-refractivity contribution in [1.82, 2.24) is 5.32 Å². The maximum atomic E-state index is 13.9. The molecule has 0 bridgehead atoms. The fourth-order valence-electron chi connectivity index (χ4n) is 2.99. The molecular formula is C20H22F4N2O4S. The number of carboxylic acids is 1. The average molecular weight is 462 g/mol. The van der Waals surface area contributed by atoms with E-state index in [9.17, 15) is 35.9 Å². The quantitative estimate of drug-likeness (QED) is 0.517. The Balaban J connectivity index is 2.32. The second-order valence-corrected chi connectivity index (χ2v) is 9.21. The molecule has 0 aliphatic rings. The smallest absolute Gasteiger partial charge is 0.407 e. The number of carbonyl (C=O) groups is 1. The summed E-state index contributed by atoms with van der Waals surface area (Å²) in [5.41, 5.74) is -1.19. The van der Waals surface area contributed by atoms with Crippen molar-refractivity contribution < 1.29 is 35.9 Å². The number of rotatable bonds is 8. The number of nitrogens with one attached hydrogen (secondary N) is 1. The Bertz CT molecular complexity index is 1020. The molecule has 0 aliphatic heterocycles. The lowest BCUT2D eigenvalue weighted by molar-refractivity contribution is -0.164. The number of carboxylic acid groups (broad SMARTS) is 1. The first-order chi connectivity index (χ1) is 14.1. The summed E-state index contributed by atoms with van der Waals surface area (Å²) in [6.45, 7) is 2.17. The number of aliphatic carboxylic acids is 1. The van der Waals surface area contributed by atoms with Gasteiger partial charge in [-0.25, -0.2) is 17.9 Å². The van der Waals surface area contributed by atoms with Crippen molar-refractivity contribution in [2.75, 3.05) is 0 Å². The molecule has 0 spiro atoms. The van der Waals surface area contributed by atoms with Gasteiger partial charge in [0.1, 0.15) is 17.8 Å². The molecule has 0 radical (unpaired) electrons. The zero-order valence-electron chi connectivity index (χ0n) is 16.7. The van der Waals surface area contributed by atoms with Gasteiger partial charge in [-0.15, -0.1) is 0 Å². The lowest BCUT2D eigenvalue weighted by Crippen LogP contribution is -2.47. The van der Waals surface area contributed by atoms with Crippen LogP contribution in [0.4, 0.5) is 17.6 Å². The summed E-state index contributed by atoms with van der Waals surface area (Å²) in [5.74, 6) is -1.59. The molecule has 170 valence electrons. The first kappa shape index (κ1) is 24.8. The Morgan fingerprint density at radius 2 is 1.45 bits per heavy atom. The van der Waals surface area contributed by atoms with E-state index in [0.717, 1.165) is 13.8 Å². The standard InChI is InChI=1S/C20H22F4N2O4S/c1-19(2,21)11-16(18(27)28)26-17(20(22,23)24)14-5-3-12(4-6-14)13-7-9-15(10-8-13)31(25,29)30/h3-10,16-17,26H,11H2,1-2H3,(H,27,28)(H2,25,29,30)/t16-,17-/m0/s1. The molecule has 0 saturated carbocycles. The third-order valence-corrected chi connectivity index (χ3v) is 5.37. The molecule has 2 atom stereocenters. The summed E-state index contributed by atoms with van der Waals surface area (Å²) in [4.78, 5) is 11.3. The lowest BCUT2D eigenvalue weighted by atomic mass is 9.97. The lowest BCUT2D eigenvalue weighted by Gasteiger charge is -2.28. The predicted octanol–water partition coefficient (Wildman–Crippen LogP) is 3.79. The van der Waals surface area contributed by atoms with E-state index in [0.29, 0.717) is 11.1 Å². The highest BCUT2D eigenvalue weighted by molar-refractivity contribution is 7.89. The van der Waals surface area contributed by atoms with E-state index in [4.69, 9.17) is 5.14 Å². The number of hydrogen-bond acceptors (Lipinski definition) is 4. The van der Waals surface area contributed by atoms with Crippen LogP contribution in [0.25, 0.3) is 11.1 Å². The molecule has 2 aromatic carbocycles. The second-order valence-electron chi connectivity index (χ2n) is 7.65. The van der Waals surface area contributed by atoms with Crippen molar-refractivity contribution in [2.24, 2.45) is 5.14 Å². The highest BCUT2D eigenvalue weighted by Gasteiger charge is 2.43. The summed E-state index contributed by atoms with van der Waals surface area (Å²) in [5, 5.41) is 16.3. The van der Waals surface area contributed by atoms with Gasteiger partial charge < -0.3 is 5.11 Å². The monoisotopic (exact) mass is 462 g/mol. The first-order valence-electron chi connectivity index (χ1n) is 9.05. The molecule has 0 saturated heterocycles. The summed E-state index contributed by atoms with van der Waals surface area (Å²) < 4.78 is 77.4. The van der Waals surface area contributed by atoms with E-state index in [1.807, 2.05) is 5.32 Å². The molecule has 0 heterocycles. The van der Waals surface area contributed by atoms with Crippen LogP contribution < -0.4 is 10.5 Å². The molecule has 0 fully saturated rings. The van der Waals surface area contributed by atoms with E-state index in [1.54, 1.807) is 0 Å². The molecule has 0 aromatic heterocycles. The molecule has 31 heavy (non-hydrogen) atoms. The van der Waals surface area contributed by atoms with Crippen LogP contribution >= 0.6 is 0 Å². The predicted molar refractivity (Wildman–Crippen MR) is 106 cm³/mol. The van der Waals surface area contributed by atoms with Crippen molar-refractivity contribution in [1.29, 1.82) is 0 Å². The molecule has 0 amide bonds. The minimum atomic E-state index is -4.83. The fourth-order valence-corrected chi connectivity index (χ4v) is 3.50. The normalized spacial score (nSPS) is 14.8. The Labute approximate surface area is 177 Å². The van der Waals surface area contributed by atoms with Crippen LogP contribution in [0, 0.1) is 0 Å². The van der Waals surface area contributed by atoms with Crippen molar-refractivity contribution >= 4 is 16.0 Å². The summed E-state index contributed by atoms with van der Waals surface area (Å²) in [6, 6.07) is 6.50. The van der Waals surface area contributed by atoms with E-state index in [1.165, 1.54) is 48.5 Å². The van der Waals surface area contributed by atoms with Crippen LogP contribution in [0.15, 0.2) is 53.4 Å². The SMILES string of the molecule is CC(C)(F)C[C@H](N[C@@H](c1ccc(-c2ccc(S(N)(=O)=O)cc2)cc1)C(F)(F)F)C(=O)O. The van der Waals surface area contributed by atoms with Gasteiger partial charge in [0, 0.05) is 6.42 Å².